The van der Waals surface area contributed by atoms with E-state index in [9.17, 15) is 4.79 Å². The van der Waals surface area contributed by atoms with Crippen LogP contribution in [0, 0.1) is 0 Å². The summed E-state index contributed by atoms with van der Waals surface area (Å²) in [5.74, 6) is 0.410. The average molecular weight is 355 g/mol. The lowest BCUT2D eigenvalue weighted by atomic mass is 10.1. The molecule has 1 saturated heterocycles. The van der Waals surface area contributed by atoms with E-state index in [4.69, 9.17) is 4.74 Å². The number of hydrogen-bond donors (Lipinski definition) is 2. The third-order valence-corrected chi connectivity index (χ3v) is 4.35. The highest BCUT2D eigenvalue weighted by atomic mass is 16.5. The van der Waals surface area contributed by atoms with Crippen LogP contribution >= 0.6 is 0 Å². The Kier molecular flexibility index (Phi) is 6.51. The van der Waals surface area contributed by atoms with Crippen LogP contribution in [0.3, 0.4) is 0 Å². The first-order valence-corrected chi connectivity index (χ1v) is 9.01. The van der Waals surface area contributed by atoms with Gasteiger partial charge in [0.25, 0.3) is 5.91 Å². The van der Waals surface area contributed by atoms with Gasteiger partial charge in [0.15, 0.2) is 0 Å². The van der Waals surface area contributed by atoms with Crippen LogP contribution in [0.1, 0.15) is 23.0 Å². The fourth-order valence-electron chi connectivity index (χ4n) is 2.76. The van der Waals surface area contributed by atoms with Gasteiger partial charge in [0.1, 0.15) is 17.8 Å². The lowest BCUT2D eigenvalue weighted by Crippen LogP contribution is -2.41. The number of anilines is 2. The van der Waals surface area contributed by atoms with E-state index in [1.165, 1.54) is 11.9 Å². The van der Waals surface area contributed by atoms with Crippen molar-refractivity contribution in [2.24, 2.45) is 0 Å². The van der Waals surface area contributed by atoms with Crippen molar-refractivity contribution in [3.8, 4) is 0 Å². The zero-order chi connectivity index (χ0) is 18.2. The quantitative estimate of drug-likeness (QED) is 0.789. The molecule has 1 aliphatic heterocycles. The van der Waals surface area contributed by atoms with Crippen molar-refractivity contribution < 1.29 is 9.53 Å². The van der Waals surface area contributed by atoms with Gasteiger partial charge >= 0.3 is 0 Å². The summed E-state index contributed by atoms with van der Waals surface area (Å²) in [4.78, 5) is 22.8. The van der Waals surface area contributed by atoms with Gasteiger partial charge in [-0.15, -0.1) is 0 Å². The molecule has 1 fully saturated rings. The van der Waals surface area contributed by atoms with Crippen LogP contribution in [0.5, 0.6) is 0 Å². The lowest BCUT2D eigenvalue weighted by Gasteiger charge is -2.26. The first-order chi connectivity index (χ1) is 12.7. The normalized spacial score (nSPS) is 14.8. The SMILES string of the molecule is CCc1ccc(Nc2cc(C(=O)NCCN3CCOCC3)ncn2)cc1. The average Bonchev–Trinajstić information content (AvgIpc) is 2.69. The molecule has 0 radical (unpaired) electrons. The summed E-state index contributed by atoms with van der Waals surface area (Å²) in [5.41, 5.74) is 2.56. The molecule has 1 aliphatic rings. The fraction of sp³-hybridized carbons (Fsp3) is 0.421. The number of aryl methyl sites for hydroxylation is 1. The summed E-state index contributed by atoms with van der Waals surface area (Å²) in [7, 11) is 0. The molecule has 7 nitrogen and oxygen atoms in total. The Balaban J connectivity index is 1.52. The van der Waals surface area contributed by atoms with E-state index < -0.39 is 0 Å². The number of ether oxygens (including phenoxy) is 1. The summed E-state index contributed by atoms with van der Waals surface area (Å²) in [6, 6.07) is 9.81. The minimum Gasteiger partial charge on any atom is -0.379 e. The van der Waals surface area contributed by atoms with E-state index in [-0.39, 0.29) is 5.91 Å². The summed E-state index contributed by atoms with van der Waals surface area (Å²) >= 11 is 0. The van der Waals surface area contributed by atoms with Gasteiger partial charge in [-0.05, 0) is 24.1 Å². The molecule has 2 heterocycles. The van der Waals surface area contributed by atoms with Gasteiger partial charge in [0, 0.05) is 37.9 Å². The Labute approximate surface area is 153 Å². The standard InChI is InChI=1S/C19H25N5O2/c1-2-15-3-5-16(6-4-15)23-18-13-17(21-14-22-18)19(25)20-7-8-24-9-11-26-12-10-24/h3-6,13-14H,2,7-12H2,1H3,(H,20,25)(H,21,22,23). The minimum atomic E-state index is -0.190. The zero-order valence-electron chi connectivity index (χ0n) is 15.1. The van der Waals surface area contributed by atoms with Crippen LogP contribution in [0.15, 0.2) is 36.7 Å². The molecule has 0 bridgehead atoms. The Morgan fingerprint density at radius 1 is 1.19 bits per heavy atom. The molecule has 2 N–H and O–H groups in total. The molecule has 0 spiro atoms. The van der Waals surface area contributed by atoms with Gasteiger partial charge in [-0.2, -0.15) is 0 Å². The Morgan fingerprint density at radius 3 is 2.69 bits per heavy atom. The van der Waals surface area contributed by atoms with Crippen LogP contribution in [0.2, 0.25) is 0 Å². The van der Waals surface area contributed by atoms with Gasteiger partial charge in [0.05, 0.1) is 13.2 Å². The molecule has 1 aromatic carbocycles. The van der Waals surface area contributed by atoms with Crippen LogP contribution in [0.25, 0.3) is 0 Å². The first kappa shape index (κ1) is 18.3. The molecule has 1 amide bonds. The number of morpholine rings is 1. The second-order valence-corrected chi connectivity index (χ2v) is 6.17. The highest BCUT2D eigenvalue weighted by Crippen LogP contribution is 2.15. The van der Waals surface area contributed by atoms with Gasteiger partial charge in [-0.25, -0.2) is 9.97 Å². The predicted molar refractivity (Wildman–Crippen MR) is 101 cm³/mol. The lowest BCUT2D eigenvalue weighted by molar-refractivity contribution is 0.0383. The third-order valence-electron chi connectivity index (χ3n) is 4.35. The van der Waals surface area contributed by atoms with E-state index in [1.807, 2.05) is 12.1 Å². The van der Waals surface area contributed by atoms with E-state index in [0.717, 1.165) is 45.0 Å². The van der Waals surface area contributed by atoms with Crippen LogP contribution < -0.4 is 10.6 Å². The van der Waals surface area contributed by atoms with E-state index >= 15 is 0 Å². The Hall–Kier alpha value is -2.51. The second kappa shape index (κ2) is 9.26. The monoisotopic (exact) mass is 355 g/mol. The topological polar surface area (TPSA) is 79.4 Å². The third kappa shape index (κ3) is 5.24. The number of rotatable bonds is 7. The molecule has 1 aromatic heterocycles. The molecule has 7 heteroatoms. The first-order valence-electron chi connectivity index (χ1n) is 9.01. The minimum absolute atomic E-state index is 0.190. The molecule has 0 atom stereocenters. The highest BCUT2D eigenvalue weighted by Gasteiger charge is 2.12. The maximum absolute atomic E-state index is 12.3. The summed E-state index contributed by atoms with van der Waals surface area (Å²) in [5, 5.41) is 6.12. The molecule has 0 saturated carbocycles. The van der Waals surface area contributed by atoms with Gasteiger partial charge in [-0.3, -0.25) is 9.69 Å². The predicted octanol–water partition coefficient (Wildman–Crippen LogP) is 1.84. The van der Waals surface area contributed by atoms with Gasteiger partial charge in [0.2, 0.25) is 0 Å². The van der Waals surface area contributed by atoms with Crippen molar-refractivity contribution in [2.75, 3.05) is 44.7 Å². The van der Waals surface area contributed by atoms with Gasteiger partial charge in [-0.1, -0.05) is 19.1 Å². The van der Waals surface area contributed by atoms with E-state index in [2.05, 4.69) is 44.6 Å². The number of hydrogen-bond acceptors (Lipinski definition) is 6. The smallest absolute Gasteiger partial charge is 0.270 e. The fourth-order valence-corrected chi connectivity index (χ4v) is 2.76. The molecule has 3 rings (SSSR count). The Bertz CT molecular complexity index is 714. The maximum Gasteiger partial charge on any atom is 0.270 e. The summed E-state index contributed by atoms with van der Waals surface area (Å²) in [6.07, 6.45) is 2.40. The number of benzene rings is 1. The number of amides is 1. The molecule has 26 heavy (non-hydrogen) atoms. The molecule has 138 valence electrons. The van der Waals surface area contributed by atoms with Crippen LogP contribution in [0.4, 0.5) is 11.5 Å². The molecule has 0 unspecified atom stereocenters. The van der Waals surface area contributed by atoms with Crippen molar-refractivity contribution in [1.82, 2.24) is 20.2 Å². The number of carbonyl (C=O) groups is 1. The second-order valence-electron chi connectivity index (χ2n) is 6.17. The molecular weight excluding hydrogens is 330 g/mol. The highest BCUT2D eigenvalue weighted by molar-refractivity contribution is 5.92. The van der Waals surface area contributed by atoms with Crippen LogP contribution in [-0.2, 0) is 11.2 Å². The number of carbonyl (C=O) groups excluding carboxylic acids is 1. The van der Waals surface area contributed by atoms with Crippen molar-refractivity contribution in [1.29, 1.82) is 0 Å². The van der Waals surface area contributed by atoms with Crippen LogP contribution in [-0.4, -0.2) is 60.2 Å². The number of nitrogens with zero attached hydrogens (tertiary/aromatic N) is 3. The largest absolute Gasteiger partial charge is 0.379 e. The van der Waals surface area contributed by atoms with E-state index in [0.29, 0.717) is 18.1 Å². The van der Waals surface area contributed by atoms with Crippen molar-refractivity contribution >= 4 is 17.4 Å². The molecule has 0 aliphatic carbocycles. The summed E-state index contributed by atoms with van der Waals surface area (Å²) in [6.45, 7) is 6.86. The maximum atomic E-state index is 12.3. The molecular formula is C19H25N5O2. The van der Waals surface area contributed by atoms with Crippen molar-refractivity contribution in [3.05, 3.63) is 47.9 Å². The van der Waals surface area contributed by atoms with Gasteiger partial charge < -0.3 is 15.4 Å². The zero-order valence-corrected chi connectivity index (χ0v) is 15.1. The number of nitrogens with one attached hydrogen (secondary N) is 2. The molecule has 2 aromatic rings. The van der Waals surface area contributed by atoms with Crippen molar-refractivity contribution in [3.63, 3.8) is 0 Å². The Morgan fingerprint density at radius 2 is 1.96 bits per heavy atom. The number of aromatic nitrogens is 2. The van der Waals surface area contributed by atoms with Crippen molar-refractivity contribution in [2.45, 2.75) is 13.3 Å². The summed E-state index contributed by atoms with van der Waals surface area (Å²) < 4.78 is 5.32. The van der Waals surface area contributed by atoms with E-state index in [1.54, 1.807) is 6.07 Å².